The van der Waals surface area contributed by atoms with Crippen LogP contribution in [0.3, 0.4) is 0 Å². The molecule has 0 aromatic heterocycles. The highest BCUT2D eigenvalue weighted by Gasteiger charge is 2.51. The topological polar surface area (TPSA) is 9.23 Å². The third kappa shape index (κ3) is 4.05. The maximum absolute atomic E-state index is 15.1. The lowest BCUT2D eigenvalue weighted by Gasteiger charge is -2.22. The van der Waals surface area contributed by atoms with Crippen molar-refractivity contribution in [2.24, 2.45) is 17.8 Å². The molecule has 4 atom stereocenters. The molecule has 33 heavy (non-hydrogen) atoms. The minimum absolute atomic E-state index is 0.0914. The maximum Gasteiger partial charge on any atom is 0.201 e. The monoisotopic (exact) mass is 450 g/mol. The highest BCUT2D eigenvalue weighted by molar-refractivity contribution is 5.71. The molecule has 0 amide bonds. The number of fused-ring (bicyclic) bond motifs is 1. The molecule has 2 fully saturated rings. The van der Waals surface area contributed by atoms with Gasteiger partial charge in [-0.1, -0.05) is 49.7 Å². The normalized spacial score (nSPS) is 23.8. The first kappa shape index (κ1) is 22.1. The lowest BCUT2D eigenvalue weighted by molar-refractivity contribution is 0.314. The predicted octanol–water partition coefficient (Wildman–Crippen LogP) is 8.38. The van der Waals surface area contributed by atoms with Crippen LogP contribution in [0.15, 0.2) is 54.6 Å². The van der Waals surface area contributed by atoms with Gasteiger partial charge in [-0.3, -0.25) is 0 Å². The Morgan fingerprint density at radius 3 is 2.21 bits per heavy atom. The average Bonchev–Trinajstić information content (AvgIpc) is 3.55. The van der Waals surface area contributed by atoms with Gasteiger partial charge in [-0.25, -0.2) is 8.78 Å². The zero-order valence-electron chi connectivity index (χ0n) is 19.1. The number of halogens is 3. The highest BCUT2D eigenvalue weighted by atomic mass is 19.2. The van der Waals surface area contributed by atoms with Gasteiger partial charge in [0.15, 0.2) is 11.6 Å². The number of benzene rings is 3. The number of hydrogen-bond acceptors (Lipinski definition) is 1. The summed E-state index contributed by atoms with van der Waals surface area (Å²) < 4.78 is 49.0. The molecule has 0 heterocycles. The Balaban J connectivity index is 1.35. The lowest BCUT2D eigenvalue weighted by atomic mass is 9.83. The fourth-order valence-electron chi connectivity index (χ4n) is 5.93. The minimum Gasteiger partial charge on any atom is -0.491 e. The minimum atomic E-state index is -0.985. The van der Waals surface area contributed by atoms with Crippen molar-refractivity contribution in [1.29, 1.82) is 0 Å². The van der Waals surface area contributed by atoms with Gasteiger partial charge in [-0.15, -0.1) is 0 Å². The van der Waals surface area contributed by atoms with E-state index in [1.54, 1.807) is 25.1 Å². The van der Waals surface area contributed by atoms with E-state index in [0.717, 1.165) is 47.3 Å². The smallest absolute Gasteiger partial charge is 0.201 e. The molecule has 0 spiro atoms. The van der Waals surface area contributed by atoms with Gasteiger partial charge in [0.2, 0.25) is 5.82 Å². The lowest BCUT2D eigenvalue weighted by Crippen LogP contribution is -2.08. The van der Waals surface area contributed by atoms with E-state index >= 15 is 4.39 Å². The van der Waals surface area contributed by atoms with Gasteiger partial charge in [0.25, 0.3) is 0 Å². The van der Waals surface area contributed by atoms with Gasteiger partial charge >= 0.3 is 0 Å². The zero-order chi connectivity index (χ0) is 23.1. The van der Waals surface area contributed by atoms with E-state index in [-0.39, 0.29) is 23.7 Å². The second kappa shape index (κ2) is 8.89. The van der Waals surface area contributed by atoms with Crippen LogP contribution in [0.4, 0.5) is 13.2 Å². The molecule has 0 radical (unpaired) electrons. The average molecular weight is 451 g/mol. The summed E-state index contributed by atoms with van der Waals surface area (Å²) in [5.41, 5.74) is 3.19. The molecule has 0 N–H and O–H groups in total. The predicted molar refractivity (Wildman–Crippen MR) is 126 cm³/mol. The molecule has 3 unspecified atom stereocenters. The number of ether oxygens (including phenoxy) is 1. The van der Waals surface area contributed by atoms with Crippen LogP contribution in [0.2, 0.25) is 0 Å². The van der Waals surface area contributed by atoms with E-state index in [2.05, 4.69) is 6.92 Å². The van der Waals surface area contributed by atoms with Crippen LogP contribution in [0.25, 0.3) is 22.3 Å². The van der Waals surface area contributed by atoms with E-state index < -0.39 is 11.6 Å². The van der Waals surface area contributed by atoms with Gasteiger partial charge in [0.1, 0.15) is 5.82 Å². The highest BCUT2D eigenvalue weighted by Crippen LogP contribution is 2.60. The molecule has 4 heteroatoms. The first-order chi connectivity index (χ1) is 16.0. The van der Waals surface area contributed by atoms with Crippen molar-refractivity contribution in [2.75, 3.05) is 6.61 Å². The molecule has 0 aliphatic heterocycles. The van der Waals surface area contributed by atoms with Gasteiger partial charge in [0, 0.05) is 5.56 Å². The van der Waals surface area contributed by atoms with Crippen molar-refractivity contribution in [1.82, 2.24) is 0 Å². The van der Waals surface area contributed by atoms with Crippen LogP contribution < -0.4 is 4.74 Å². The molecule has 5 rings (SSSR count). The van der Waals surface area contributed by atoms with E-state index in [4.69, 9.17) is 4.74 Å². The van der Waals surface area contributed by atoms with E-state index in [1.807, 2.05) is 24.3 Å². The van der Waals surface area contributed by atoms with Crippen LogP contribution >= 0.6 is 0 Å². The summed E-state index contributed by atoms with van der Waals surface area (Å²) in [6.45, 7) is 4.25. The Kier molecular flexibility index (Phi) is 5.94. The van der Waals surface area contributed by atoms with Crippen molar-refractivity contribution < 1.29 is 17.9 Å². The molecule has 2 saturated carbocycles. The first-order valence-corrected chi connectivity index (χ1v) is 12.0. The van der Waals surface area contributed by atoms with Gasteiger partial charge < -0.3 is 4.74 Å². The van der Waals surface area contributed by atoms with Gasteiger partial charge in [0.05, 0.1) is 6.61 Å². The Morgan fingerprint density at radius 2 is 1.52 bits per heavy atom. The van der Waals surface area contributed by atoms with Crippen LogP contribution in [0, 0.1) is 35.2 Å². The van der Waals surface area contributed by atoms with E-state index in [0.29, 0.717) is 11.5 Å². The van der Waals surface area contributed by atoms with Crippen molar-refractivity contribution >= 4 is 0 Å². The quantitative estimate of drug-likeness (QED) is 0.366. The molecular weight excluding hydrogens is 421 g/mol. The fraction of sp³-hybridized carbons (Fsp3) is 0.379. The number of rotatable bonds is 6. The molecule has 3 aromatic rings. The van der Waals surface area contributed by atoms with Crippen molar-refractivity contribution in [2.45, 2.75) is 45.4 Å². The van der Waals surface area contributed by atoms with Crippen molar-refractivity contribution in [3.63, 3.8) is 0 Å². The third-order valence-corrected chi connectivity index (χ3v) is 7.70. The second-order valence-electron chi connectivity index (χ2n) is 9.40. The van der Waals surface area contributed by atoms with E-state index in [1.165, 1.54) is 25.0 Å². The summed E-state index contributed by atoms with van der Waals surface area (Å²) in [5, 5.41) is 0. The maximum atomic E-state index is 15.1. The van der Waals surface area contributed by atoms with Gasteiger partial charge in [-0.2, -0.15) is 4.39 Å². The number of hydrogen-bond donors (Lipinski definition) is 0. The molecule has 2 aliphatic carbocycles. The second-order valence-corrected chi connectivity index (χ2v) is 9.40. The molecule has 0 saturated heterocycles. The summed E-state index contributed by atoms with van der Waals surface area (Å²) in [7, 11) is 0. The summed E-state index contributed by atoms with van der Waals surface area (Å²) >= 11 is 0. The standard InChI is InChI=1S/C29H29F3O/c1-3-21-24-12-10-20(15-25(21)24)22-11-9-19(16-26(22)30)17-5-7-18(8-6-17)23-13-14-27(33-4-2)29(32)28(23)31/h5-9,11,13-14,16,20-21,24-25H,3-4,10,12,15H2,1-2H3/t20?,21?,24?,25-/m0/s1. The van der Waals surface area contributed by atoms with Gasteiger partial charge in [-0.05, 0) is 90.3 Å². The van der Waals surface area contributed by atoms with Crippen LogP contribution in [0.5, 0.6) is 5.75 Å². The fourth-order valence-corrected chi connectivity index (χ4v) is 5.93. The Bertz CT molecular complexity index is 1150. The van der Waals surface area contributed by atoms with Crippen LogP contribution in [-0.2, 0) is 0 Å². The molecular formula is C29H29F3O. The molecule has 172 valence electrons. The molecule has 2 aliphatic rings. The summed E-state index contributed by atoms with van der Waals surface area (Å²) in [6.07, 6.45) is 4.65. The van der Waals surface area contributed by atoms with E-state index in [9.17, 15) is 8.78 Å². The largest absolute Gasteiger partial charge is 0.491 e. The van der Waals surface area contributed by atoms with Crippen molar-refractivity contribution in [3.05, 3.63) is 77.6 Å². The summed E-state index contributed by atoms with van der Waals surface area (Å²) in [6, 6.07) is 15.6. The van der Waals surface area contributed by atoms with Crippen LogP contribution in [0.1, 0.15) is 51.0 Å². The van der Waals surface area contributed by atoms with Crippen molar-refractivity contribution in [3.8, 4) is 28.0 Å². The van der Waals surface area contributed by atoms with Crippen LogP contribution in [-0.4, -0.2) is 6.61 Å². The molecule has 3 aromatic carbocycles. The zero-order valence-corrected chi connectivity index (χ0v) is 19.1. The Morgan fingerprint density at radius 1 is 0.788 bits per heavy atom. The first-order valence-electron chi connectivity index (χ1n) is 12.0. The SMILES string of the molecule is CCOc1ccc(-c2ccc(-c3ccc(C4CCC5C(CC)[C@@H]5C4)c(F)c3)cc2)c(F)c1F. The molecule has 1 nitrogen and oxygen atoms in total. The Hall–Kier alpha value is -2.75. The Labute approximate surface area is 193 Å². The summed E-state index contributed by atoms with van der Waals surface area (Å²) in [4.78, 5) is 0. The summed E-state index contributed by atoms with van der Waals surface area (Å²) in [5.74, 6) is 0.677. The molecule has 0 bridgehead atoms. The third-order valence-electron chi connectivity index (χ3n) is 7.70.